The number of nitrogens with one attached hydrogen (secondary N) is 1. The maximum absolute atomic E-state index is 6.04. The van der Waals surface area contributed by atoms with E-state index < -0.39 is 0 Å². The molecule has 3 N–H and O–H groups in total. The van der Waals surface area contributed by atoms with Gasteiger partial charge in [-0.15, -0.1) is 0 Å². The van der Waals surface area contributed by atoms with Crippen LogP contribution < -0.4 is 11.1 Å². The number of rotatable bonds is 5. The van der Waals surface area contributed by atoms with Crippen LogP contribution in [0.5, 0.6) is 0 Å². The number of nitrogens with two attached hydrogens (primary N) is 1. The lowest BCUT2D eigenvalue weighted by Crippen LogP contribution is -2.60. The van der Waals surface area contributed by atoms with E-state index in [1.807, 2.05) is 0 Å². The fourth-order valence-electron chi connectivity index (χ4n) is 3.29. The number of likely N-dealkylation sites (N-methyl/N-ethyl adjacent to an activating group) is 1. The molecular weight excluding hydrogens is 212 g/mol. The fourth-order valence-corrected chi connectivity index (χ4v) is 3.29. The lowest BCUT2D eigenvalue weighted by molar-refractivity contribution is 0.109. The van der Waals surface area contributed by atoms with Crippen LogP contribution in [0.1, 0.15) is 25.7 Å². The summed E-state index contributed by atoms with van der Waals surface area (Å²) in [7, 11) is 4.24. The van der Waals surface area contributed by atoms with E-state index in [0.717, 1.165) is 25.7 Å². The summed E-state index contributed by atoms with van der Waals surface area (Å²) in [5, 5.41) is 3.74. The Labute approximate surface area is 106 Å². The molecule has 2 atom stereocenters. The van der Waals surface area contributed by atoms with Gasteiger partial charge in [-0.05, 0) is 46.3 Å². The molecule has 0 saturated carbocycles. The van der Waals surface area contributed by atoms with Crippen LogP contribution in [0.4, 0.5) is 0 Å². The number of piperidine rings is 1. The Bertz CT molecular complexity index is 244. The van der Waals surface area contributed by atoms with Crippen molar-refractivity contribution < 1.29 is 0 Å². The molecule has 2 rings (SSSR count). The molecule has 0 aromatic rings. The highest BCUT2D eigenvalue weighted by atomic mass is 15.2. The average molecular weight is 240 g/mol. The van der Waals surface area contributed by atoms with Gasteiger partial charge in [-0.2, -0.15) is 0 Å². The Balaban J connectivity index is 1.86. The summed E-state index contributed by atoms with van der Waals surface area (Å²) in [6, 6.07) is 0.791. The van der Waals surface area contributed by atoms with Crippen LogP contribution in [-0.4, -0.2) is 68.2 Å². The Morgan fingerprint density at radius 3 is 2.94 bits per heavy atom. The maximum Gasteiger partial charge on any atom is 0.0331 e. The summed E-state index contributed by atoms with van der Waals surface area (Å²) in [6.07, 6.45) is 5.21. The SMILES string of the molecule is CN(C)CCNC1(CN)CCN2CCCC2C1. The summed E-state index contributed by atoms with van der Waals surface area (Å²) < 4.78 is 0. The van der Waals surface area contributed by atoms with Gasteiger partial charge in [0.25, 0.3) is 0 Å². The lowest BCUT2D eigenvalue weighted by atomic mass is 9.83. The van der Waals surface area contributed by atoms with Gasteiger partial charge in [-0.25, -0.2) is 0 Å². The van der Waals surface area contributed by atoms with Crippen LogP contribution in [0.3, 0.4) is 0 Å². The van der Waals surface area contributed by atoms with E-state index in [-0.39, 0.29) is 5.54 Å². The molecule has 2 fully saturated rings. The van der Waals surface area contributed by atoms with Crippen LogP contribution in [0, 0.1) is 0 Å². The molecule has 4 nitrogen and oxygen atoms in total. The molecule has 0 amide bonds. The molecule has 100 valence electrons. The van der Waals surface area contributed by atoms with Gasteiger partial charge < -0.3 is 20.9 Å². The molecule has 0 spiro atoms. The lowest BCUT2D eigenvalue weighted by Gasteiger charge is -2.44. The second-order valence-corrected chi connectivity index (χ2v) is 6.00. The molecule has 2 unspecified atom stereocenters. The van der Waals surface area contributed by atoms with Crippen molar-refractivity contribution >= 4 is 0 Å². The summed E-state index contributed by atoms with van der Waals surface area (Å²) >= 11 is 0. The summed E-state index contributed by atoms with van der Waals surface area (Å²) in [5.41, 5.74) is 6.25. The van der Waals surface area contributed by atoms with E-state index in [1.165, 1.54) is 38.8 Å². The van der Waals surface area contributed by atoms with E-state index >= 15 is 0 Å². The number of hydrogen-bond acceptors (Lipinski definition) is 4. The predicted molar refractivity (Wildman–Crippen MR) is 72.2 cm³/mol. The van der Waals surface area contributed by atoms with Crippen molar-refractivity contribution in [2.45, 2.75) is 37.3 Å². The largest absolute Gasteiger partial charge is 0.329 e. The first-order valence-electron chi connectivity index (χ1n) is 6.99. The summed E-state index contributed by atoms with van der Waals surface area (Å²) in [5.74, 6) is 0. The molecule has 2 aliphatic rings. The molecular formula is C13H28N4. The van der Waals surface area contributed by atoms with Gasteiger partial charge in [-0.1, -0.05) is 0 Å². The maximum atomic E-state index is 6.04. The molecule has 4 heteroatoms. The van der Waals surface area contributed by atoms with E-state index in [4.69, 9.17) is 5.73 Å². The van der Waals surface area contributed by atoms with Gasteiger partial charge in [0.05, 0.1) is 0 Å². The van der Waals surface area contributed by atoms with Gasteiger partial charge in [0, 0.05) is 37.8 Å². The minimum absolute atomic E-state index is 0.210. The first-order valence-corrected chi connectivity index (χ1v) is 6.99. The van der Waals surface area contributed by atoms with Crippen molar-refractivity contribution in [3.63, 3.8) is 0 Å². The van der Waals surface area contributed by atoms with Gasteiger partial charge in [-0.3, -0.25) is 0 Å². The molecule has 0 aromatic carbocycles. The van der Waals surface area contributed by atoms with Gasteiger partial charge in [0.1, 0.15) is 0 Å². The highest BCUT2D eigenvalue weighted by Gasteiger charge is 2.40. The molecule has 0 bridgehead atoms. The normalized spacial score (nSPS) is 34.2. The molecule has 2 aliphatic heterocycles. The Morgan fingerprint density at radius 1 is 1.41 bits per heavy atom. The van der Waals surface area contributed by atoms with E-state index in [1.54, 1.807) is 0 Å². The molecule has 0 radical (unpaired) electrons. The molecule has 2 heterocycles. The monoisotopic (exact) mass is 240 g/mol. The highest BCUT2D eigenvalue weighted by molar-refractivity contribution is 5.00. The number of fused-ring (bicyclic) bond motifs is 1. The van der Waals surface area contributed by atoms with Crippen molar-refractivity contribution in [2.75, 3.05) is 46.8 Å². The van der Waals surface area contributed by atoms with Crippen LogP contribution in [0.2, 0.25) is 0 Å². The first kappa shape index (κ1) is 13.3. The smallest absolute Gasteiger partial charge is 0.0331 e. The van der Waals surface area contributed by atoms with Gasteiger partial charge in [0.2, 0.25) is 0 Å². The third kappa shape index (κ3) is 3.19. The van der Waals surface area contributed by atoms with Crippen molar-refractivity contribution in [1.29, 1.82) is 0 Å². The Hall–Kier alpha value is -0.160. The fraction of sp³-hybridized carbons (Fsp3) is 1.00. The van der Waals surface area contributed by atoms with E-state index in [9.17, 15) is 0 Å². The number of hydrogen-bond donors (Lipinski definition) is 2. The average Bonchev–Trinajstić information content (AvgIpc) is 2.75. The minimum atomic E-state index is 0.210. The third-order valence-corrected chi connectivity index (χ3v) is 4.45. The quantitative estimate of drug-likeness (QED) is 0.715. The zero-order chi connectivity index (χ0) is 12.3. The predicted octanol–water partition coefficient (Wildman–Crippen LogP) is 0.0933. The Morgan fingerprint density at radius 2 is 2.24 bits per heavy atom. The van der Waals surface area contributed by atoms with Crippen molar-refractivity contribution in [2.24, 2.45) is 5.73 Å². The van der Waals surface area contributed by atoms with Gasteiger partial charge in [0.15, 0.2) is 0 Å². The highest BCUT2D eigenvalue weighted by Crippen LogP contribution is 2.32. The minimum Gasteiger partial charge on any atom is -0.329 e. The summed E-state index contributed by atoms with van der Waals surface area (Å²) in [4.78, 5) is 4.88. The molecule has 0 aliphatic carbocycles. The standard InChI is InChI=1S/C13H28N4/c1-16(2)9-6-15-13(11-14)5-8-17-7-3-4-12(17)10-13/h12,15H,3-11,14H2,1-2H3. The van der Waals surface area contributed by atoms with Crippen molar-refractivity contribution in [1.82, 2.24) is 15.1 Å². The van der Waals surface area contributed by atoms with Crippen molar-refractivity contribution in [3.05, 3.63) is 0 Å². The van der Waals surface area contributed by atoms with Crippen LogP contribution in [0.15, 0.2) is 0 Å². The summed E-state index contributed by atoms with van der Waals surface area (Å²) in [6.45, 7) is 5.47. The first-order chi connectivity index (χ1) is 8.15. The van der Waals surface area contributed by atoms with Gasteiger partial charge >= 0.3 is 0 Å². The third-order valence-electron chi connectivity index (χ3n) is 4.45. The van der Waals surface area contributed by atoms with Crippen LogP contribution in [0.25, 0.3) is 0 Å². The Kier molecular flexibility index (Phi) is 4.42. The molecule has 0 aromatic heterocycles. The number of nitrogens with zero attached hydrogens (tertiary/aromatic N) is 2. The van der Waals surface area contributed by atoms with E-state index in [2.05, 4.69) is 29.2 Å². The molecule has 2 saturated heterocycles. The van der Waals surface area contributed by atoms with E-state index in [0.29, 0.717) is 0 Å². The zero-order valence-electron chi connectivity index (χ0n) is 11.4. The topological polar surface area (TPSA) is 44.5 Å². The van der Waals surface area contributed by atoms with Crippen LogP contribution >= 0.6 is 0 Å². The van der Waals surface area contributed by atoms with Crippen molar-refractivity contribution in [3.8, 4) is 0 Å². The molecule has 17 heavy (non-hydrogen) atoms. The van der Waals surface area contributed by atoms with Crippen LogP contribution in [-0.2, 0) is 0 Å². The second kappa shape index (κ2) is 5.65. The zero-order valence-corrected chi connectivity index (χ0v) is 11.4. The second-order valence-electron chi connectivity index (χ2n) is 6.00.